The van der Waals surface area contributed by atoms with E-state index in [-0.39, 0.29) is 28.4 Å². The average Bonchev–Trinajstić information content (AvgIpc) is 2.71. The van der Waals surface area contributed by atoms with Gasteiger partial charge in [0.2, 0.25) is 5.75 Å². The predicted molar refractivity (Wildman–Crippen MR) is 101 cm³/mol. The molecule has 0 aliphatic carbocycles. The SMILES string of the molecule is COc1cc(OC)c(C(C)=O)c(OC(=O)c2cc(OC)c(OC)c(OC)c2)c1. The van der Waals surface area contributed by atoms with E-state index in [1.165, 1.54) is 66.7 Å². The van der Waals surface area contributed by atoms with Gasteiger partial charge in [-0.1, -0.05) is 0 Å². The molecule has 0 aliphatic heterocycles. The van der Waals surface area contributed by atoms with Crippen molar-refractivity contribution in [1.82, 2.24) is 0 Å². The van der Waals surface area contributed by atoms with Crippen molar-refractivity contribution in [2.24, 2.45) is 0 Å². The van der Waals surface area contributed by atoms with Gasteiger partial charge in [0.1, 0.15) is 22.8 Å². The highest BCUT2D eigenvalue weighted by atomic mass is 16.5. The second-order valence-corrected chi connectivity index (χ2v) is 5.56. The van der Waals surface area contributed by atoms with Gasteiger partial charge in [-0.25, -0.2) is 4.79 Å². The van der Waals surface area contributed by atoms with Gasteiger partial charge in [-0.15, -0.1) is 0 Å². The summed E-state index contributed by atoms with van der Waals surface area (Å²) < 4.78 is 31.6. The molecule has 0 aromatic heterocycles. The van der Waals surface area contributed by atoms with Crippen LogP contribution in [0.15, 0.2) is 24.3 Å². The topological polar surface area (TPSA) is 89.5 Å². The third-order valence-electron chi connectivity index (χ3n) is 3.95. The van der Waals surface area contributed by atoms with Crippen LogP contribution in [0.25, 0.3) is 0 Å². The van der Waals surface area contributed by atoms with Gasteiger partial charge in [0.15, 0.2) is 17.3 Å². The Morgan fingerprint density at radius 2 is 1.21 bits per heavy atom. The van der Waals surface area contributed by atoms with Gasteiger partial charge in [0.25, 0.3) is 0 Å². The van der Waals surface area contributed by atoms with Crippen LogP contribution < -0.4 is 28.4 Å². The largest absolute Gasteiger partial charge is 0.496 e. The Bertz CT molecular complexity index is 863. The zero-order valence-electron chi connectivity index (χ0n) is 16.6. The first kappa shape index (κ1) is 20.9. The first-order valence-corrected chi connectivity index (χ1v) is 8.19. The maximum absolute atomic E-state index is 12.8. The third kappa shape index (κ3) is 4.11. The molecule has 0 spiro atoms. The molecule has 150 valence electrons. The van der Waals surface area contributed by atoms with E-state index in [1.54, 1.807) is 0 Å². The Morgan fingerprint density at radius 3 is 1.64 bits per heavy atom. The predicted octanol–water partition coefficient (Wildman–Crippen LogP) is 3.15. The van der Waals surface area contributed by atoms with E-state index in [4.69, 9.17) is 28.4 Å². The molecule has 8 nitrogen and oxygen atoms in total. The molecule has 0 heterocycles. The number of Topliss-reactive ketones (excluding diaryl/α,β-unsaturated/α-hetero) is 1. The highest BCUT2D eigenvalue weighted by molar-refractivity contribution is 6.01. The Labute approximate surface area is 162 Å². The molecule has 0 amide bonds. The molecule has 28 heavy (non-hydrogen) atoms. The summed E-state index contributed by atoms with van der Waals surface area (Å²) in [6.07, 6.45) is 0. The summed E-state index contributed by atoms with van der Waals surface area (Å²) in [5.74, 6) is 0.502. The highest BCUT2D eigenvalue weighted by Gasteiger charge is 2.23. The molecule has 0 fully saturated rings. The normalized spacial score (nSPS) is 10.1. The lowest BCUT2D eigenvalue weighted by atomic mass is 10.1. The van der Waals surface area contributed by atoms with Crippen LogP contribution in [0.5, 0.6) is 34.5 Å². The molecule has 8 heteroatoms. The van der Waals surface area contributed by atoms with E-state index < -0.39 is 5.97 Å². The molecule has 0 saturated carbocycles. The van der Waals surface area contributed by atoms with Gasteiger partial charge < -0.3 is 28.4 Å². The summed E-state index contributed by atoms with van der Waals surface area (Å²) in [7, 11) is 7.19. The van der Waals surface area contributed by atoms with Gasteiger partial charge in [-0.05, 0) is 19.1 Å². The van der Waals surface area contributed by atoms with Crippen LogP contribution >= 0.6 is 0 Å². The van der Waals surface area contributed by atoms with E-state index in [0.29, 0.717) is 23.0 Å². The summed E-state index contributed by atoms with van der Waals surface area (Å²) in [6.45, 7) is 1.35. The van der Waals surface area contributed by atoms with Crippen LogP contribution in [0.1, 0.15) is 27.6 Å². The molecule has 0 N–H and O–H groups in total. The molecule has 0 saturated heterocycles. The molecule has 2 aromatic rings. The fourth-order valence-electron chi connectivity index (χ4n) is 2.63. The van der Waals surface area contributed by atoms with Crippen molar-refractivity contribution in [3.63, 3.8) is 0 Å². The Kier molecular flexibility index (Phi) is 6.70. The molecular weight excluding hydrogens is 368 g/mol. The standard InChI is InChI=1S/C20H22O8/c1-11(21)18-14(24-3)9-13(23-2)10-15(18)28-20(22)12-7-16(25-4)19(27-6)17(8-12)26-5/h7-10H,1-6H3. The number of esters is 1. The number of hydrogen-bond acceptors (Lipinski definition) is 8. The summed E-state index contributed by atoms with van der Waals surface area (Å²) >= 11 is 0. The summed E-state index contributed by atoms with van der Waals surface area (Å²) in [5.41, 5.74) is 0.273. The summed E-state index contributed by atoms with van der Waals surface area (Å²) in [4.78, 5) is 24.8. The minimum atomic E-state index is -0.725. The van der Waals surface area contributed by atoms with Crippen LogP contribution in [-0.4, -0.2) is 47.3 Å². The summed E-state index contributed by atoms with van der Waals surface area (Å²) in [6, 6.07) is 5.88. The third-order valence-corrected chi connectivity index (χ3v) is 3.95. The van der Waals surface area contributed by atoms with E-state index in [0.717, 1.165) is 0 Å². The lowest BCUT2D eigenvalue weighted by Gasteiger charge is -2.16. The molecular formula is C20H22O8. The highest BCUT2D eigenvalue weighted by Crippen LogP contribution is 2.39. The first-order chi connectivity index (χ1) is 13.4. The number of ether oxygens (including phenoxy) is 6. The number of carbonyl (C=O) groups is 2. The molecule has 0 radical (unpaired) electrons. The fraction of sp³-hybridized carbons (Fsp3) is 0.300. The number of methoxy groups -OCH3 is 5. The lowest BCUT2D eigenvalue weighted by molar-refractivity contribution is 0.0731. The second kappa shape index (κ2) is 8.98. The van der Waals surface area contributed by atoms with Crippen LogP contribution in [0, 0.1) is 0 Å². The van der Waals surface area contributed by atoms with Crippen LogP contribution in [-0.2, 0) is 0 Å². The minimum absolute atomic E-state index is 0.0162. The van der Waals surface area contributed by atoms with E-state index >= 15 is 0 Å². The number of rotatable bonds is 8. The number of carbonyl (C=O) groups excluding carboxylic acids is 2. The van der Waals surface area contributed by atoms with Gasteiger partial charge in [0, 0.05) is 12.1 Å². The Balaban J connectivity index is 2.52. The van der Waals surface area contributed by atoms with Crippen molar-refractivity contribution in [1.29, 1.82) is 0 Å². The smallest absolute Gasteiger partial charge is 0.343 e. The fourth-order valence-corrected chi connectivity index (χ4v) is 2.63. The average molecular weight is 390 g/mol. The van der Waals surface area contributed by atoms with E-state index in [1.807, 2.05) is 0 Å². The van der Waals surface area contributed by atoms with Gasteiger partial charge in [-0.3, -0.25) is 4.79 Å². The Hall–Kier alpha value is -3.42. The number of benzene rings is 2. The zero-order valence-corrected chi connectivity index (χ0v) is 16.6. The van der Waals surface area contributed by atoms with Crippen LogP contribution in [0.4, 0.5) is 0 Å². The van der Waals surface area contributed by atoms with Gasteiger partial charge >= 0.3 is 5.97 Å². The van der Waals surface area contributed by atoms with E-state index in [2.05, 4.69) is 0 Å². The molecule has 0 unspecified atom stereocenters. The van der Waals surface area contributed by atoms with Crippen molar-refractivity contribution < 1.29 is 38.0 Å². The number of hydrogen-bond donors (Lipinski definition) is 0. The summed E-state index contributed by atoms with van der Waals surface area (Å²) in [5, 5.41) is 0. The van der Waals surface area contributed by atoms with Crippen molar-refractivity contribution in [3.8, 4) is 34.5 Å². The van der Waals surface area contributed by atoms with Crippen molar-refractivity contribution in [2.75, 3.05) is 35.5 Å². The molecule has 0 aliphatic rings. The van der Waals surface area contributed by atoms with Crippen molar-refractivity contribution in [3.05, 3.63) is 35.4 Å². The molecule has 0 bridgehead atoms. The maximum Gasteiger partial charge on any atom is 0.343 e. The maximum atomic E-state index is 12.8. The molecule has 2 rings (SSSR count). The van der Waals surface area contributed by atoms with Crippen LogP contribution in [0.3, 0.4) is 0 Å². The molecule has 2 aromatic carbocycles. The van der Waals surface area contributed by atoms with Crippen LogP contribution in [0.2, 0.25) is 0 Å². The van der Waals surface area contributed by atoms with Gasteiger partial charge in [-0.2, -0.15) is 0 Å². The van der Waals surface area contributed by atoms with Gasteiger partial charge in [0.05, 0.1) is 41.1 Å². The van der Waals surface area contributed by atoms with E-state index in [9.17, 15) is 9.59 Å². The van der Waals surface area contributed by atoms with Crippen molar-refractivity contribution >= 4 is 11.8 Å². The zero-order chi connectivity index (χ0) is 20.8. The van der Waals surface area contributed by atoms with Crippen molar-refractivity contribution in [2.45, 2.75) is 6.92 Å². The quantitative estimate of drug-likeness (QED) is 0.386. The lowest BCUT2D eigenvalue weighted by Crippen LogP contribution is -2.12. The molecule has 0 atom stereocenters. The Morgan fingerprint density at radius 1 is 0.679 bits per heavy atom. The number of ketones is 1. The first-order valence-electron chi connectivity index (χ1n) is 8.19. The second-order valence-electron chi connectivity index (χ2n) is 5.56. The monoisotopic (exact) mass is 390 g/mol. The minimum Gasteiger partial charge on any atom is -0.496 e.